The second kappa shape index (κ2) is 9.60. The average molecular weight is 441 g/mol. The molecule has 32 heavy (non-hydrogen) atoms. The van der Waals surface area contributed by atoms with Crippen molar-refractivity contribution in [1.82, 2.24) is 9.97 Å². The highest BCUT2D eigenvalue weighted by atomic mass is 16.5. The van der Waals surface area contributed by atoms with Crippen LogP contribution in [0.3, 0.4) is 0 Å². The van der Waals surface area contributed by atoms with Gasteiger partial charge in [0, 0.05) is 51.4 Å². The minimum Gasteiger partial charge on any atom is -0.494 e. The number of aliphatic hydroxyl groups excluding tert-OH is 1. The summed E-state index contributed by atoms with van der Waals surface area (Å²) >= 11 is 0. The number of anilines is 5. The Labute approximate surface area is 189 Å². The molecule has 9 nitrogen and oxygen atoms in total. The van der Waals surface area contributed by atoms with E-state index in [4.69, 9.17) is 9.72 Å². The molecular formula is C23H32N6O3. The molecule has 0 bridgehead atoms. The van der Waals surface area contributed by atoms with Crippen LogP contribution in [-0.2, 0) is 4.79 Å². The van der Waals surface area contributed by atoms with Crippen LogP contribution < -0.4 is 24.8 Å². The molecule has 0 unspecified atom stereocenters. The highest BCUT2D eigenvalue weighted by Crippen LogP contribution is 2.37. The summed E-state index contributed by atoms with van der Waals surface area (Å²) in [6.45, 7) is 1.29. The molecule has 0 saturated heterocycles. The number of benzene rings is 1. The van der Waals surface area contributed by atoms with Gasteiger partial charge in [0.15, 0.2) is 5.82 Å². The van der Waals surface area contributed by atoms with Crippen LogP contribution in [0.1, 0.15) is 32.1 Å². The number of aliphatic hydroxyl groups is 1. The van der Waals surface area contributed by atoms with Crippen LogP contribution in [-0.4, -0.2) is 67.9 Å². The monoisotopic (exact) mass is 440 g/mol. The van der Waals surface area contributed by atoms with Gasteiger partial charge < -0.3 is 29.9 Å². The van der Waals surface area contributed by atoms with Crippen molar-refractivity contribution in [2.45, 2.75) is 38.1 Å². The smallest absolute Gasteiger partial charge is 0.229 e. The predicted octanol–water partition coefficient (Wildman–Crippen LogP) is 2.77. The van der Waals surface area contributed by atoms with Crippen LogP contribution in [0.25, 0.3) is 0 Å². The van der Waals surface area contributed by atoms with Gasteiger partial charge in [-0.2, -0.15) is 4.98 Å². The molecule has 1 aromatic carbocycles. The molecule has 0 atom stereocenters. The zero-order valence-corrected chi connectivity index (χ0v) is 19.0. The summed E-state index contributed by atoms with van der Waals surface area (Å²) < 4.78 is 5.58. The lowest BCUT2D eigenvalue weighted by Crippen LogP contribution is -2.34. The van der Waals surface area contributed by atoms with Crippen LogP contribution in [0.4, 0.5) is 28.8 Å². The fraction of sp³-hybridized carbons (Fsp3) is 0.522. The molecule has 1 aliphatic heterocycles. The van der Waals surface area contributed by atoms with Gasteiger partial charge in [0.05, 0.1) is 25.6 Å². The number of carbonyl (C=O) groups excluding carboxylic acids is 1. The Bertz CT molecular complexity index is 963. The molecule has 1 amide bonds. The van der Waals surface area contributed by atoms with E-state index in [2.05, 4.69) is 15.2 Å². The molecular weight excluding hydrogens is 408 g/mol. The van der Waals surface area contributed by atoms with E-state index >= 15 is 0 Å². The predicted molar refractivity (Wildman–Crippen MR) is 126 cm³/mol. The SMILES string of the molecule is COc1cc(N(C)CCO)ccc1Nc1ncc2c(n1)N(C1CCCC1)CCC(=O)N2C. The lowest BCUT2D eigenvalue weighted by molar-refractivity contribution is -0.118. The number of hydrogen-bond donors (Lipinski definition) is 2. The fourth-order valence-corrected chi connectivity index (χ4v) is 4.49. The number of ether oxygens (including phenoxy) is 1. The quantitative estimate of drug-likeness (QED) is 0.679. The van der Waals surface area contributed by atoms with E-state index in [-0.39, 0.29) is 12.5 Å². The van der Waals surface area contributed by atoms with Crippen molar-refractivity contribution in [1.29, 1.82) is 0 Å². The van der Waals surface area contributed by atoms with Crippen molar-refractivity contribution < 1.29 is 14.6 Å². The van der Waals surface area contributed by atoms with Crippen molar-refractivity contribution in [3.8, 4) is 5.75 Å². The number of nitrogens with one attached hydrogen (secondary N) is 1. The molecule has 1 fully saturated rings. The second-order valence-electron chi connectivity index (χ2n) is 8.39. The number of rotatable bonds is 7. The van der Waals surface area contributed by atoms with Gasteiger partial charge in [-0.05, 0) is 25.0 Å². The maximum absolute atomic E-state index is 12.5. The van der Waals surface area contributed by atoms with Crippen molar-refractivity contribution in [3.05, 3.63) is 24.4 Å². The van der Waals surface area contributed by atoms with E-state index in [0.717, 1.165) is 35.7 Å². The van der Waals surface area contributed by atoms with Gasteiger partial charge in [0.25, 0.3) is 0 Å². The molecule has 0 spiro atoms. The van der Waals surface area contributed by atoms with E-state index < -0.39 is 0 Å². The van der Waals surface area contributed by atoms with E-state index in [9.17, 15) is 9.90 Å². The van der Waals surface area contributed by atoms with Gasteiger partial charge in [-0.3, -0.25) is 4.79 Å². The number of amides is 1. The Kier molecular flexibility index (Phi) is 6.64. The van der Waals surface area contributed by atoms with Crippen LogP contribution in [0.5, 0.6) is 5.75 Å². The minimum atomic E-state index is 0.0796. The summed E-state index contributed by atoms with van der Waals surface area (Å²) in [5.74, 6) is 2.01. The third-order valence-electron chi connectivity index (χ3n) is 6.40. The Morgan fingerprint density at radius 2 is 2.09 bits per heavy atom. The lowest BCUT2D eigenvalue weighted by Gasteiger charge is -2.30. The van der Waals surface area contributed by atoms with Gasteiger partial charge in [-0.25, -0.2) is 4.98 Å². The van der Waals surface area contributed by atoms with E-state index in [1.165, 1.54) is 12.8 Å². The second-order valence-corrected chi connectivity index (χ2v) is 8.39. The third kappa shape index (κ3) is 4.43. The Balaban J connectivity index is 1.65. The zero-order chi connectivity index (χ0) is 22.7. The molecule has 2 aromatic rings. The molecule has 2 aliphatic rings. The van der Waals surface area contributed by atoms with Crippen LogP contribution in [0.15, 0.2) is 24.4 Å². The number of carbonyl (C=O) groups is 1. The summed E-state index contributed by atoms with van der Waals surface area (Å²) in [6.07, 6.45) is 6.88. The molecule has 2 N–H and O–H groups in total. The standard InChI is InChI=1S/C23H32N6O3/c1-27(12-13-30)17-8-9-18(20(14-17)32-3)25-23-24-15-19-22(26-23)29(16-6-4-5-7-16)11-10-21(31)28(19)2/h8-9,14-16,30H,4-7,10-13H2,1-3H3,(H,24,25,26). The molecule has 1 saturated carbocycles. The molecule has 2 heterocycles. The van der Waals surface area contributed by atoms with Gasteiger partial charge in [0.1, 0.15) is 11.4 Å². The third-order valence-corrected chi connectivity index (χ3v) is 6.40. The number of fused-ring (bicyclic) bond motifs is 1. The summed E-state index contributed by atoms with van der Waals surface area (Å²) in [5.41, 5.74) is 2.44. The van der Waals surface area contributed by atoms with E-state index in [1.807, 2.05) is 30.1 Å². The summed E-state index contributed by atoms with van der Waals surface area (Å²) in [6, 6.07) is 6.20. The number of hydrogen-bond acceptors (Lipinski definition) is 8. The van der Waals surface area contributed by atoms with Crippen LogP contribution in [0, 0.1) is 0 Å². The number of nitrogens with zero attached hydrogens (tertiary/aromatic N) is 5. The van der Waals surface area contributed by atoms with Crippen molar-refractivity contribution in [2.75, 3.05) is 60.9 Å². The van der Waals surface area contributed by atoms with E-state index in [1.54, 1.807) is 25.3 Å². The maximum atomic E-state index is 12.5. The number of likely N-dealkylation sites (N-methyl/N-ethyl adjacent to an activating group) is 1. The van der Waals surface area contributed by atoms with Crippen molar-refractivity contribution in [3.63, 3.8) is 0 Å². The summed E-state index contributed by atoms with van der Waals surface area (Å²) in [4.78, 5) is 27.8. The van der Waals surface area contributed by atoms with Crippen LogP contribution in [0.2, 0.25) is 0 Å². The topological polar surface area (TPSA) is 94.1 Å². The summed E-state index contributed by atoms with van der Waals surface area (Å²) in [5, 5.41) is 12.5. The highest BCUT2D eigenvalue weighted by Gasteiger charge is 2.31. The first-order chi connectivity index (χ1) is 15.5. The first-order valence-electron chi connectivity index (χ1n) is 11.2. The molecule has 1 aromatic heterocycles. The Morgan fingerprint density at radius 1 is 1.31 bits per heavy atom. The van der Waals surface area contributed by atoms with E-state index in [0.29, 0.717) is 37.3 Å². The molecule has 4 rings (SSSR count). The number of methoxy groups -OCH3 is 1. The van der Waals surface area contributed by atoms with Crippen LogP contribution >= 0.6 is 0 Å². The lowest BCUT2D eigenvalue weighted by atomic mass is 10.2. The minimum absolute atomic E-state index is 0.0796. The summed E-state index contributed by atoms with van der Waals surface area (Å²) in [7, 11) is 5.33. The molecule has 0 radical (unpaired) electrons. The molecule has 172 valence electrons. The first-order valence-corrected chi connectivity index (χ1v) is 11.2. The zero-order valence-electron chi connectivity index (χ0n) is 19.0. The van der Waals surface area contributed by atoms with Gasteiger partial charge in [-0.1, -0.05) is 12.8 Å². The average Bonchev–Trinajstić information content (AvgIpc) is 3.30. The van der Waals surface area contributed by atoms with Gasteiger partial charge in [-0.15, -0.1) is 0 Å². The molecule has 1 aliphatic carbocycles. The highest BCUT2D eigenvalue weighted by molar-refractivity contribution is 5.97. The Hall–Kier alpha value is -3.07. The van der Waals surface area contributed by atoms with Gasteiger partial charge >= 0.3 is 0 Å². The fourth-order valence-electron chi connectivity index (χ4n) is 4.49. The van der Waals surface area contributed by atoms with Crippen molar-refractivity contribution in [2.24, 2.45) is 0 Å². The first kappa shape index (κ1) is 22.1. The number of aromatic nitrogens is 2. The molecule has 9 heteroatoms. The van der Waals surface area contributed by atoms with Crippen molar-refractivity contribution >= 4 is 34.7 Å². The largest absolute Gasteiger partial charge is 0.494 e. The maximum Gasteiger partial charge on any atom is 0.229 e. The Morgan fingerprint density at radius 3 is 2.81 bits per heavy atom. The normalized spacial score (nSPS) is 16.7. The van der Waals surface area contributed by atoms with Gasteiger partial charge in [0.2, 0.25) is 11.9 Å².